The summed E-state index contributed by atoms with van der Waals surface area (Å²) < 4.78 is 62.3. The fraction of sp³-hybridized carbons (Fsp3) is 0.333. The quantitative estimate of drug-likeness (QED) is 0.345. The van der Waals surface area contributed by atoms with Crippen molar-refractivity contribution in [2.24, 2.45) is 0 Å². The summed E-state index contributed by atoms with van der Waals surface area (Å²) in [6, 6.07) is 15.1. The van der Waals surface area contributed by atoms with E-state index in [1.165, 1.54) is 61.5 Å². The summed E-state index contributed by atoms with van der Waals surface area (Å²) in [6.45, 7) is 7.99. The van der Waals surface area contributed by atoms with Crippen molar-refractivity contribution in [1.82, 2.24) is 10.2 Å². The van der Waals surface area contributed by atoms with Crippen LogP contribution in [-0.4, -0.2) is 49.9 Å². The smallest absolute Gasteiger partial charge is 0.264 e. The predicted molar refractivity (Wildman–Crippen MR) is 153 cm³/mol. The fourth-order valence-electron chi connectivity index (χ4n) is 4.00. The van der Waals surface area contributed by atoms with Crippen LogP contribution < -0.4 is 14.4 Å². The Bertz CT molecular complexity index is 1460. The molecular weight excluding hydrogens is 552 g/mol. The summed E-state index contributed by atoms with van der Waals surface area (Å²) in [4.78, 5) is 28.0. The number of carbonyl (C=O) groups is 2. The first-order valence-corrected chi connectivity index (χ1v) is 14.5. The highest BCUT2D eigenvalue weighted by Crippen LogP contribution is 2.26. The van der Waals surface area contributed by atoms with Gasteiger partial charge in [0.1, 0.15) is 30.0 Å². The lowest BCUT2D eigenvalue weighted by Crippen LogP contribution is -2.54. The van der Waals surface area contributed by atoms with E-state index in [9.17, 15) is 26.8 Å². The number of nitrogens with zero attached hydrogens (tertiary/aromatic N) is 2. The number of hydrogen-bond acceptors (Lipinski definition) is 5. The Balaban J connectivity index is 2.04. The van der Waals surface area contributed by atoms with E-state index >= 15 is 0 Å². The molecule has 3 aromatic rings. The van der Waals surface area contributed by atoms with Gasteiger partial charge in [-0.1, -0.05) is 18.2 Å². The molecule has 11 heteroatoms. The third kappa shape index (κ3) is 8.26. The molecule has 41 heavy (non-hydrogen) atoms. The van der Waals surface area contributed by atoms with Crippen LogP contribution in [-0.2, 0) is 26.2 Å². The number of ether oxygens (including phenoxy) is 1. The molecule has 1 atom stereocenters. The number of nitrogens with one attached hydrogen (secondary N) is 1. The highest BCUT2D eigenvalue weighted by Gasteiger charge is 2.33. The van der Waals surface area contributed by atoms with Gasteiger partial charge in [0.05, 0.1) is 17.2 Å². The Morgan fingerprint density at radius 1 is 0.951 bits per heavy atom. The Hall–Kier alpha value is -3.99. The molecule has 3 rings (SSSR count). The molecule has 0 bridgehead atoms. The molecule has 0 heterocycles. The van der Waals surface area contributed by atoms with Crippen LogP contribution in [0.15, 0.2) is 77.7 Å². The second-order valence-electron chi connectivity index (χ2n) is 10.4. The van der Waals surface area contributed by atoms with Gasteiger partial charge in [0.2, 0.25) is 11.8 Å². The van der Waals surface area contributed by atoms with Gasteiger partial charge in [-0.2, -0.15) is 0 Å². The standard InChI is InChI=1S/C30H35F2N3O5S/c1-6-40-25-15-17-26(18-16-25)41(38,39)35(24-13-11-23(31)12-14-24)20-28(36)34(19-22-9-7-8-10-27(22)32)21(2)29(37)33-30(3,4)5/h7-18,21H,6,19-20H2,1-5H3,(H,33,37). The highest BCUT2D eigenvalue weighted by molar-refractivity contribution is 7.92. The summed E-state index contributed by atoms with van der Waals surface area (Å²) in [5.41, 5.74) is -0.430. The number of rotatable bonds is 11. The van der Waals surface area contributed by atoms with Crippen molar-refractivity contribution in [3.8, 4) is 5.75 Å². The number of halogens is 2. The van der Waals surface area contributed by atoms with E-state index in [2.05, 4.69) is 5.32 Å². The average Bonchev–Trinajstić information content (AvgIpc) is 2.91. The lowest BCUT2D eigenvalue weighted by molar-refractivity contribution is -0.140. The van der Waals surface area contributed by atoms with Crippen LogP contribution in [0, 0.1) is 11.6 Å². The van der Waals surface area contributed by atoms with E-state index in [0.29, 0.717) is 12.4 Å². The maximum atomic E-state index is 14.6. The fourth-order valence-corrected chi connectivity index (χ4v) is 5.42. The first-order chi connectivity index (χ1) is 19.2. The van der Waals surface area contributed by atoms with Crippen LogP contribution >= 0.6 is 0 Å². The van der Waals surface area contributed by atoms with Crippen molar-refractivity contribution in [3.05, 3.63) is 90.0 Å². The van der Waals surface area contributed by atoms with Gasteiger partial charge in [0.15, 0.2) is 0 Å². The van der Waals surface area contributed by atoms with E-state index in [4.69, 9.17) is 4.74 Å². The van der Waals surface area contributed by atoms with Crippen molar-refractivity contribution >= 4 is 27.5 Å². The second kappa shape index (κ2) is 13.1. The van der Waals surface area contributed by atoms with Crippen molar-refractivity contribution in [3.63, 3.8) is 0 Å². The van der Waals surface area contributed by atoms with Gasteiger partial charge >= 0.3 is 0 Å². The Labute approximate surface area is 240 Å². The number of carbonyl (C=O) groups excluding carboxylic acids is 2. The Kier molecular flexibility index (Phi) is 10.1. The zero-order valence-electron chi connectivity index (χ0n) is 23.7. The van der Waals surface area contributed by atoms with E-state index in [0.717, 1.165) is 21.3 Å². The Morgan fingerprint density at radius 3 is 2.12 bits per heavy atom. The molecule has 1 N–H and O–H groups in total. The van der Waals surface area contributed by atoms with Crippen LogP contribution in [0.1, 0.15) is 40.2 Å². The minimum atomic E-state index is -4.35. The maximum Gasteiger partial charge on any atom is 0.264 e. The number of sulfonamides is 1. The first kappa shape index (κ1) is 31.5. The zero-order chi connectivity index (χ0) is 30.4. The summed E-state index contributed by atoms with van der Waals surface area (Å²) in [5.74, 6) is -1.96. The van der Waals surface area contributed by atoms with Crippen molar-refractivity contribution in [1.29, 1.82) is 0 Å². The van der Waals surface area contributed by atoms with E-state index in [1.807, 2.05) is 0 Å². The number of benzene rings is 3. The van der Waals surface area contributed by atoms with Crippen molar-refractivity contribution < 1.29 is 31.5 Å². The van der Waals surface area contributed by atoms with Crippen LogP contribution in [0.3, 0.4) is 0 Å². The van der Waals surface area contributed by atoms with E-state index in [-0.39, 0.29) is 22.7 Å². The SMILES string of the molecule is CCOc1ccc(S(=O)(=O)N(CC(=O)N(Cc2ccccc2F)C(C)C(=O)NC(C)(C)C)c2ccc(F)cc2)cc1. The van der Waals surface area contributed by atoms with Gasteiger partial charge in [-0.15, -0.1) is 0 Å². The van der Waals surface area contributed by atoms with Crippen molar-refractivity contribution in [2.75, 3.05) is 17.5 Å². The molecule has 0 aliphatic rings. The molecule has 0 saturated carbocycles. The number of anilines is 1. The molecule has 0 aromatic heterocycles. The van der Waals surface area contributed by atoms with Gasteiger partial charge in [-0.3, -0.25) is 13.9 Å². The molecule has 8 nitrogen and oxygen atoms in total. The summed E-state index contributed by atoms with van der Waals surface area (Å²) in [6.07, 6.45) is 0. The highest BCUT2D eigenvalue weighted by atomic mass is 32.2. The summed E-state index contributed by atoms with van der Waals surface area (Å²) in [7, 11) is -4.35. The van der Waals surface area contributed by atoms with Gasteiger partial charge in [-0.25, -0.2) is 17.2 Å². The van der Waals surface area contributed by atoms with Crippen LogP contribution in [0.2, 0.25) is 0 Å². The normalized spacial score (nSPS) is 12.4. The summed E-state index contributed by atoms with van der Waals surface area (Å²) >= 11 is 0. The number of amides is 2. The van der Waals surface area contributed by atoms with E-state index < -0.39 is 51.6 Å². The topological polar surface area (TPSA) is 96.0 Å². The lowest BCUT2D eigenvalue weighted by Gasteiger charge is -2.33. The molecule has 0 aliphatic carbocycles. The molecule has 3 aromatic carbocycles. The number of hydrogen-bond donors (Lipinski definition) is 1. The molecule has 0 fully saturated rings. The van der Waals surface area contributed by atoms with Gasteiger partial charge < -0.3 is 15.0 Å². The first-order valence-electron chi connectivity index (χ1n) is 13.1. The average molecular weight is 588 g/mol. The summed E-state index contributed by atoms with van der Waals surface area (Å²) in [5, 5.41) is 2.81. The zero-order valence-corrected chi connectivity index (χ0v) is 24.5. The van der Waals surface area contributed by atoms with E-state index in [1.54, 1.807) is 33.8 Å². The molecule has 0 saturated heterocycles. The predicted octanol–water partition coefficient (Wildman–Crippen LogP) is 4.89. The lowest BCUT2D eigenvalue weighted by atomic mass is 10.1. The molecule has 220 valence electrons. The molecule has 0 spiro atoms. The van der Waals surface area contributed by atoms with Gasteiger partial charge in [-0.05, 0) is 89.2 Å². The molecule has 0 radical (unpaired) electrons. The van der Waals surface area contributed by atoms with Crippen LogP contribution in [0.5, 0.6) is 5.75 Å². The van der Waals surface area contributed by atoms with Crippen LogP contribution in [0.25, 0.3) is 0 Å². The molecule has 0 aliphatic heterocycles. The van der Waals surface area contributed by atoms with Gasteiger partial charge in [0.25, 0.3) is 10.0 Å². The maximum absolute atomic E-state index is 14.6. The largest absolute Gasteiger partial charge is 0.494 e. The minimum absolute atomic E-state index is 0.0336. The minimum Gasteiger partial charge on any atom is -0.494 e. The third-order valence-corrected chi connectivity index (χ3v) is 7.87. The monoisotopic (exact) mass is 587 g/mol. The molecule has 1 unspecified atom stereocenters. The van der Waals surface area contributed by atoms with Crippen LogP contribution in [0.4, 0.5) is 14.5 Å². The van der Waals surface area contributed by atoms with Crippen molar-refractivity contribution in [2.45, 2.75) is 57.6 Å². The molecule has 2 amide bonds. The third-order valence-electron chi connectivity index (χ3n) is 6.08. The van der Waals surface area contributed by atoms with Gasteiger partial charge in [0, 0.05) is 17.6 Å². The Morgan fingerprint density at radius 2 is 1.56 bits per heavy atom. The molecular formula is C30H35F2N3O5S. The second-order valence-corrected chi connectivity index (χ2v) is 12.3.